The molecule has 0 atom stereocenters. The maximum absolute atomic E-state index is 12.2. The Morgan fingerprint density at radius 3 is 2.24 bits per heavy atom. The highest BCUT2D eigenvalue weighted by molar-refractivity contribution is 5.99. The molecule has 132 valence electrons. The van der Waals surface area contributed by atoms with Crippen LogP contribution in [0.5, 0.6) is 5.75 Å². The van der Waals surface area contributed by atoms with Crippen molar-refractivity contribution in [2.75, 3.05) is 27.4 Å². The first-order chi connectivity index (χ1) is 12.1. The SMILES string of the molecule is COCCNC(=O)c1cncc(C(=O)NCc2ccc(OC)cc2)c1. The van der Waals surface area contributed by atoms with Gasteiger partial charge >= 0.3 is 0 Å². The van der Waals surface area contributed by atoms with E-state index in [1.54, 1.807) is 14.2 Å². The van der Waals surface area contributed by atoms with Gasteiger partial charge in [0.25, 0.3) is 11.8 Å². The predicted octanol–water partition coefficient (Wildman–Crippen LogP) is 1.40. The molecule has 0 radical (unpaired) electrons. The third-order valence-corrected chi connectivity index (χ3v) is 3.47. The van der Waals surface area contributed by atoms with E-state index < -0.39 is 0 Å². The molecule has 2 aromatic rings. The van der Waals surface area contributed by atoms with E-state index in [0.717, 1.165) is 11.3 Å². The fraction of sp³-hybridized carbons (Fsp3) is 0.278. The van der Waals surface area contributed by atoms with Crippen LogP contribution in [0.2, 0.25) is 0 Å². The molecule has 0 saturated heterocycles. The summed E-state index contributed by atoms with van der Waals surface area (Å²) in [7, 11) is 3.16. The Bertz CT molecular complexity index is 717. The summed E-state index contributed by atoms with van der Waals surface area (Å²) in [6, 6.07) is 8.91. The van der Waals surface area contributed by atoms with Gasteiger partial charge in [-0.3, -0.25) is 14.6 Å². The highest BCUT2D eigenvalue weighted by Gasteiger charge is 2.11. The van der Waals surface area contributed by atoms with Gasteiger partial charge in [-0.25, -0.2) is 0 Å². The predicted molar refractivity (Wildman–Crippen MR) is 92.6 cm³/mol. The van der Waals surface area contributed by atoms with Crippen molar-refractivity contribution in [1.29, 1.82) is 0 Å². The van der Waals surface area contributed by atoms with Gasteiger partial charge < -0.3 is 20.1 Å². The number of hydrogen-bond acceptors (Lipinski definition) is 5. The molecule has 1 heterocycles. The Kier molecular flexibility index (Phi) is 6.91. The molecule has 0 aliphatic carbocycles. The molecular formula is C18H21N3O4. The van der Waals surface area contributed by atoms with Gasteiger partial charge in [0.05, 0.1) is 24.8 Å². The maximum atomic E-state index is 12.2. The fourth-order valence-corrected chi connectivity index (χ4v) is 2.08. The third kappa shape index (κ3) is 5.58. The van der Waals surface area contributed by atoms with E-state index in [0.29, 0.717) is 30.8 Å². The number of carbonyl (C=O) groups excluding carboxylic acids is 2. The number of aromatic nitrogens is 1. The molecule has 7 nitrogen and oxygen atoms in total. The molecule has 7 heteroatoms. The van der Waals surface area contributed by atoms with Crippen LogP contribution in [0, 0.1) is 0 Å². The molecule has 0 aliphatic heterocycles. The third-order valence-electron chi connectivity index (χ3n) is 3.47. The molecule has 2 rings (SSSR count). The van der Waals surface area contributed by atoms with Crippen molar-refractivity contribution < 1.29 is 19.1 Å². The zero-order valence-corrected chi connectivity index (χ0v) is 14.2. The average Bonchev–Trinajstić information content (AvgIpc) is 2.66. The largest absolute Gasteiger partial charge is 0.497 e. The van der Waals surface area contributed by atoms with Crippen LogP contribution in [0.3, 0.4) is 0 Å². The summed E-state index contributed by atoms with van der Waals surface area (Å²) in [5, 5.41) is 5.49. The van der Waals surface area contributed by atoms with Crippen LogP contribution in [0.25, 0.3) is 0 Å². The molecule has 0 spiro atoms. The van der Waals surface area contributed by atoms with Crippen molar-refractivity contribution in [2.45, 2.75) is 6.54 Å². The molecular weight excluding hydrogens is 322 g/mol. The van der Waals surface area contributed by atoms with Gasteiger partial charge in [-0.1, -0.05) is 12.1 Å². The van der Waals surface area contributed by atoms with Crippen molar-refractivity contribution in [3.63, 3.8) is 0 Å². The van der Waals surface area contributed by atoms with E-state index in [-0.39, 0.29) is 11.8 Å². The minimum Gasteiger partial charge on any atom is -0.497 e. The molecule has 0 unspecified atom stereocenters. The topological polar surface area (TPSA) is 89.5 Å². The van der Waals surface area contributed by atoms with Crippen LogP contribution >= 0.6 is 0 Å². The summed E-state index contributed by atoms with van der Waals surface area (Å²) in [6.45, 7) is 1.18. The number of pyridine rings is 1. The number of carbonyl (C=O) groups is 2. The van der Waals surface area contributed by atoms with Crippen LogP contribution in [0.15, 0.2) is 42.7 Å². The molecule has 25 heavy (non-hydrogen) atoms. The van der Waals surface area contributed by atoms with E-state index in [2.05, 4.69) is 15.6 Å². The second-order valence-corrected chi connectivity index (χ2v) is 5.24. The van der Waals surface area contributed by atoms with Gasteiger partial charge in [0.2, 0.25) is 0 Å². The number of nitrogens with zero attached hydrogens (tertiary/aromatic N) is 1. The monoisotopic (exact) mass is 343 g/mol. The number of rotatable bonds is 8. The van der Waals surface area contributed by atoms with Crippen molar-refractivity contribution >= 4 is 11.8 Å². The first kappa shape index (κ1) is 18.4. The Labute approximate surface area is 146 Å². The van der Waals surface area contributed by atoms with Crippen molar-refractivity contribution in [3.8, 4) is 5.75 Å². The van der Waals surface area contributed by atoms with Gasteiger partial charge in [0.15, 0.2) is 0 Å². The van der Waals surface area contributed by atoms with Gasteiger partial charge in [0.1, 0.15) is 5.75 Å². The van der Waals surface area contributed by atoms with Crippen molar-refractivity contribution in [3.05, 3.63) is 59.4 Å². The Morgan fingerprint density at radius 2 is 1.64 bits per heavy atom. The summed E-state index contributed by atoms with van der Waals surface area (Å²) in [5.74, 6) is 0.163. The molecule has 0 bridgehead atoms. The van der Waals surface area contributed by atoms with Crippen LogP contribution in [0.4, 0.5) is 0 Å². The van der Waals surface area contributed by atoms with Crippen LogP contribution in [-0.4, -0.2) is 44.2 Å². The first-order valence-corrected chi connectivity index (χ1v) is 7.77. The maximum Gasteiger partial charge on any atom is 0.253 e. The Hall–Kier alpha value is -2.93. The standard InChI is InChI=1S/C18H21N3O4/c1-24-8-7-20-17(22)14-9-15(12-19-11-14)18(23)21-10-13-3-5-16(25-2)6-4-13/h3-6,9,11-12H,7-8,10H2,1-2H3,(H,20,22)(H,21,23). The first-order valence-electron chi connectivity index (χ1n) is 7.77. The molecule has 1 aromatic carbocycles. The van der Waals surface area contributed by atoms with E-state index in [4.69, 9.17) is 9.47 Å². The quantitative estimate of drug-likeness (QED) is 0.707. The minimum absolute atomic E-state index is 0.296. The summed E-state index contributed by atoms with van der Waals surface area (Å²) >= 11 is 0. The van der Waals surface area contributed by atoms with Crippen molar-refractivity contribution in [1.82, 2.24) is 15.6 Å². The average molecular weight is 343 g/mol. The summed E-state index contributed by atoms with van der Waals surface area (Å²) in [6.07, 6.45) is 2.84. The molecule has 0 fully saturated rings. The number of methoxy groups -OCH3 is 2. The minimum atomic E-state index is -0.297. The fourth-order valence-electron chi connectivity index (χ4n) is 2.08. The highest BCUT2D eigenvalue weighted by Crippen LogP contribution is 2.11. The Balaban J connectivity index is 1.94. The second kappa shape index (κ2) is 9.39. The van der Waals surface area contributed by atoms with Crippen molar-refractivity contribution in [2.24, 2.45) is 0 Å². The van der Waals surface area contributed by atoms with Gasteiger partial charge in [-0.15, -0.1) is 0 Å². The van der Waals surface area contributed by atoms with Crippen LogP contribution in [0.1, 0.15) is 26.3 Å². The van der Waals surface area contributed by atoms with E-state index >= 15 is 0 Å². The molecule has 0 aliphatic rings. The Morgan fingerprint density at radius 1 is 1.00 bits per heavy atom. The number of hydrogen-bond donors (Lipinski definition) is 2. The van der Waals surface area contributed by atoms with Gasteiger partial charge in [-0.2, -0.15) is 0 Å². The molecule has 1 aromatic heterocycles. The van der Waals surface area contributed by atoms with Gasteiger partial charge in [0, 0.05) is 32.6 Å². The molecule has 0 saturated carbocycles. The van der Waals surface area contributed by atoms with E-state index in [1.165, 1.54) is 18.5 Å². The van der Waals surface area contributed by atoms with E-state index in [1.807, 2.05) is 24.3 Å². The summed E-state index contributed by atoms with van der Waals surface area (Å²) in [5.41, 5.74) is 1.59. The number of benzene rings is 1. The second-order valence-electron chi connectivity index (χ2n) is 5.24. The van der Waals surface area contributed by atoms with E-state index in [9.17, 15) is 9.59 Å². The smallest absolute Gasteiger partial charge is 0.253 e. The van der Waals surface area contributed by atoms with Crippen LogP contribution in [-0.2, 0) is 11.3 Å². The normalized spacial score (nSPS) is 10.2. The zero-order chi connectivity index (χ0) is 18.1. The molecule has 2 N–H and O–H groups in total. The summed E-state index contributed by atoms with van der Waals surface area (Å²) < 4.78 is 9.97. The zero-order valence-electron chi connectivity index (χ0n) is 14.2. The lowest BCUT2D eigenvalue weighted by Gasteiger charge is -2.08. The number of ether oxygens (including phenoxy) is 2. The lowest BCUT2D eigenvalue weighted by Crippen LogP contribution is -2.28. The van der Waals surface area contributed by atoms with Crippen LogP contribution < -0.4 is 15.4 Å². The number of amides is 2. The lowest BCUT2D eigenvalue weighted by molar-refractivity contribution is 0.0936. The van der Waals surface area contributed by atoms with Gasteiger partial charge in [-0.05, 0) is 23.8 Å². The number of nitrogens with one attached hydrogen (secondary N) is 2. The highest BCUT2D eigenvalue weighted by atomic mass is 16.5. The summed E-state index contributed by atoms with van der Waals surface area (Å²) in [4.78, 5) is 28.2. The molecule has 2 amide bonds. The lowest BCUT2D eigenvalue weighted by atomic mass is 10.1.